The molecule has 0 saturated carbocycles. The van der Waals surface area contributed by atoms with Crippen LogP contribution in [0.15, 0.2) is 48.6 Å². The van der Waals surface area contributed by atoms with Crippen molar-refractivity contribution >= 4 is 11.9 Å². The van der Waals surface area contributed by atoms with Gasteiger partial charge >= 0.3 is 5.97 Å². The van der Waals surface area contributed by atoms with Crippen LogP contribution in [0.25, 0.3) is 0 Å². The second kappa shape index (κ2) is 53.4. The van der Waals surface area contributed by atoms with Gasteiger partial charge in [0.25, 0.3) is 0 Å². The van der Waals surface area contributed by atoms with Gasteiger partial charge in [0.2, 0.25) is 5.91 Å². The van der Waals surface area contributed by atoms with Gasteiger partial charge in [-0.2, -0.15) is 0 Å². The van der Waals surface area contributed by atoms with Crippen molar-refractivity contribution in [3.05, 3.63) is 48.6 Å². The molecule has 2 atom stereocenters. The number of aliphatic hydroxyl groups is 2. The van der Waals surface area contributed by atoms with Gasteiger partial charge in [0.1, 0.15) is 0 Å². The molecule has 0 aliphatic rings. The van der Waals surface area contributed by atoms with E-state index in [2.05, 4.69) is 67.8 Å². The summed E-state index contributed by atoms with van der Waals surface area (Å²) in [7, 11) is 0. The third kappa shape index (κ3) is 49.3. The lowest BCUT2D eigenvalue weighted by Gasteiger charge is -2.22. The van der Waals surface area contributed by atoms with Crippen molar-refractivity contribution < 1.29 is 24.5 Å². The number of ether oxygens (including phenoxy) is 1. The first-order valence-corrected chi connectivity index (χ1v) is 27.9. The van der Waals surface area contributed by atoms with Crippen molar-refractivity contribution in [3.63, 3.8) is 0 Å². The van der Waals surface area contributed by atoms with Crippen LogP contribution in [-0.4, -0.2) is 47.4 Å². The second-order valence-electron chi connectivity index (χ2n) is 18.9. The summed E-state index contributed by atoms with van der Waals surface area (Å²) in [6, 6.07) is -0.549. The first-order valence-electron chi connectivity index (χ1n) is 27.9. The average Bonchev–Trinajstić information content (AvgIpc) is 3.29. The fraction of sp³-hybridized carbons (Fsp3) is 0.828. The first kappa shape index (κ1) is 61.8. The van der Waals surface area contributed by atoms with E-state index in [1.165, 1.54) is 173 Å². The minimum absolute atomic E-state index is 0.0274. The fourth-order valence-electron chi connectivity index (χ4n) is 8.31. The van der Waals surface area contributed by atoms with E-state index in [0.717, 1.165) is 77.0 Å². The molecule has 0 aliphatic carbocycles. The highest BCUT2D eigenvalue weighted by Crippen LogP contribution is 2.16. The molecule has 0 aromatic carbocycles. The summed E-state index contributed by atoms with van der Waals surface area (Å²) >= 11 is 0. The van der Waals surface area contributed by atoms with E-state index in [1.807, 2.05) is 0 Å². The molecule has 2 unspecified atom stereocenters. The normalized spacial score (nSPS) is 13.0. The number of carbonyl (C=O) groups excluding carboxylic acids is 2. The van der Waals surface area contributed by atoms with E-state index in [4.69, 9.17) is 4.74 Å². The van der Waals surface area contributed by atoms with Crippen molar-refractivity contribution in [3.8, 4) is 0 Å². The Bertz CT molecular complexity index is 1080. The average molecular weight is 898 g/mol. The summed E-state index contributed by atoms with van der Waals surface area (Å²) in [4.78, 5) is 24.5. The topological polar surface area (TPSA) is 95.9 Å². The Balaban J connectivity index is 3.49. The third-order valence-corrected chi connectivity index (χ3v) is 12.6. The van der Waals surface area contributed by atoms with Crippen LogP contribution in [0.1, 0.15) is 284 Å². The molecule has 374 valence electrons. The van der Waals surface area contributed by atoms with E-state index in [0.29, 0.717) is 25.9 Å². The molecule has 0 heterocycles. The van der Waals surface area contributed by atoms with Crippen LogP contribution in [0.5, 0.6) is 0 Å². The number of nitrogens with one attached hydrogen (secondary N) is 1. The van der Waals surface area contributed by atoms with E-state index >= 15 is 0 Å². The van der Waals surface area contributed by atoms with Crippen LogP contribution in [0.2, 0.25) is 0 Å². The van der Waals surface area contributed by atoms with Crippen molar-refractivity contribution in [2.24, 2.45) is 0 Å². The van der Waals surface area contributed by atoms with Gasteiger partial charge in [-0.05, 0) is 89.9 Å². The smallest absolute Gasteiger partial charge is 0.305 e. The number of allylic oxidation sites excluding steroid dienone is 8. The summed E-state index contributed by atoms with van der Waals surface area (Å²) < 4.78 is 5.45. The third-order valence-electron chi connectivity index (χ3n) is 12.6. The predicted molar refractivity (Wildman–Crippen MR) is 278 cm³/mol. The summed E-state index contributed by atoms with van der Waals surface area (Å²) in [6.45, 7) is 4.88. The number of aliphatic hydroxyl groups excluding tert-OH is 2. The Morgan fingerprint density at radius 2 is 0.828 bits per heavy atom. The Kier molecular flexibility index (Phi) is 51.6. The van der Waals surface area contributed by atoms with Crippen molar-refractivity contribution in [2.75, 3.05) is 13.2 Å². The Labute approximate surface area is 397 Å². The van der Waals surface area contributed by atoms with Crippen LogP contribution in [0.4, 0.5) is 0 Å². The van der Waals surface area contributed by atoms with Gasteiger partial charge < -0.3 is 20.3 Å². The van der Waals surface area contributed by atoms with Gasteiger partial charge in [-0.25, -0.2) is 0 Å². The molecule has 0 bridgehead atoms. The quantitative estimate of drug-likeness (QED) is 0.0245. The number of hydrogen-bond donors (Lipinski definition) is 3. The fourth-order valence-corrected chi connectivity index (χ4v) is 8.31. The molecule has 0 rings (SSSR count). The molecule has 0 saturated heterocycles. The number of hydrogen-bond acceptors (Lipinski definition) is 5. The van der Waals surface area contributed by atoms with Crippen LogP contribution in [0, 0.1) is 0 Å². The highest BCUT2D eigenvalue weighted by molar-refractivity contribution is 5.76. The maximum atomic E-state index is 12.4. The number of unbranched alkanes of at least 4 members (excludes halogenated alkanes) is 33. The predicted octanol–water partition coefficient (Wildman–Crippen LogP) is 17.0. The largest absolute Gasteiger partial charge is 0.466 e. The summed E-state index contributed by atoms with van der Waals surface area (Å²) in [5.74, 6) is -0.0740. The zero-order chi connectivity index (χ0) is 46.5. The number of carbonyl (C=O) groups is 2. The molecule has 3 N–H and O–H groups in total. The number of esters is 1. The molecular weight excluding hydrogens is 791 g/mol. The Morgan fingerprint density at radius 3 is 1.30 bits per heavy atom. The van der Waals surface area contributed by atoms with Crippen molar-refractivity contribution in [1.82, 2.24) is 5.32 Å². The van der Waals surface area contributed by atoms with Gasteiger partial charge in [0.05, 0.1) is 25.4 Å². The highest BCUT2D eigenvalue weighted by atomic mass is 16.5. The number of rotatable bonds is 51. The minimum Gasteiger partial charge on any atom is -0.466 e. The molecular formula is C58H107NO5. The summed E-state index contributed by atoms with van der Waals surface area (Å²) in [5, 5.41) is 23.2. The summed E-state index contributed by atoms with van der Waals surface area (Å²) in [6.07, 6.45) is 66.7. The van der Waals surface area contributed by atoms with Crippen LogP contribution in [0.3, 0.4) is 0 Å². The molecule has 0 aromatic rings. The zero-order valence-electron chi connectivity index (χ0n) is 42.5. The molecule has 64 heavy (non-hydrogen) atoms. The number of amides is 1. The Hall–Kier alpha value is -2.18. The molecule has 6 nitrogen and oxygen atoms in total. The van der Waals surface area contributed by atoms with Gasteiger partial charge in [0, 0.05) is 12.8 Å². The van der Waals surface area contributed by atoms with Gasteiger partial charge in [-0.1, -0.05) is 229 Å². The molecule has 0 spiro atoms. The SMILES string of the molecule is CCCCCC/C=C\C/C=C\CCCCCCCC(=O)OCCCCC/C=C\C=C/CCCCCCCCCCCCC(=O)NC(CO)C(O)CCCCCCCCCCCCCC. The lowest BCUT2D eigenvalue weighted by Crippen LogP contribution is -2.45. The molecule has 0 radical (unpaired) electrons. The van der Waals surface area contributed by atoms with Crippen LogP contribution >= 0.6 is 0 Å². The zero-order valence-corrected chi connectivity index (χ0v) is 42.5. The molecule has 0 aliphatic heterocycles. The van der Waals surface area contributed by atoms with E-state index in [1.54, 1.807) is 0 Å². The second-order valence-corrected chi connectivity index (χ2v) is 18.9. The highest BCUT2D eigenvalue weighted by Gasteiger charge is 2.20. The molecule has 0 fully saturated rings. The van der Waals surface area contributed by atoms with Crippen LogP contribution in [-0.2, 0) is 14.3 Å². The molecule has 6 heteroatoms. The van der Waals surface area contributed by atoms with E-state index in [9.17, 15) is 19.8 Å². The maximum absolute atomic E-state index is 12.4. The molecule has 0 aromatic heterocycles. The van der Waals surface area contributed by atoms with Gasteiger partial charge in [0.15, 0.2) is 0 Å². The monoisotopic (exact) mass is 898 g/mol. The van der Waals surface area contributed by atoms with Gasteiger partial charge in [-0.15, -0.1) is 0 Å². The first-order chi connectivity index (χ1) is 31.5. The lowest BCUT2D eigenvalue weighted by atomic mass is 10.0. The van der Waals surface area contributed by atoms with Crippen LogP contribution < -0.4 is 5.32 Å². The van der Waals surface area contributed by atoms with E-state index in [-0.39, 0.29) is 18.5 Å². The van der Waals surface area contributed by atoms with Crippen molar-refractivity contribution in [2.45, 2.75) is 296 Å². The summed E-state index contributed by atoms with van der Waals surface area (Å²) in [5.41, 5.74) is 0. The standard InChI is InChI=1S/C58H107NO5/c1-3-5-7-9-11-13-15-17-18-25-28-32-36-40-44-48-52-58(63)64-53-49-45-41-37-33-29-26-23-21-19-20-22-24-27-31-35-39-43-47-51-57(62)59-55(54-60)56(61)50-46-42-38-34-30-16-14-12-10-8-6-4-2/h13,15,18,23,25-26,29,33,55-56,60-61H,3-12,14,16-17,19-22,24,27-28,30-32,34-54H2,1-2H3,(H,59,62)/b15-13-,25-18-,26-23-,33-29-. The van der Waals surface area contributed by atoms with Gasteiger partial charge in [-0.3, -0.25) is 9.59 Å². The van der Waals surface area contributed by atoms with Crippen molar-refractivity contribution in [1.29, 1.82) is 0 Å². The maximum Gasteiger partial charge on any atom is 0.305 e. The van der Waals surface area contributed by atoms with E-state index < -0.39 is 12.1 Å². The Morgan fingerprint density at radius 1 is 0.453 bits per heavy atom. The lowest BCUT2D eigenvalue weighted by molar-refractivity contribution is -0.143. The minimum atomic E-state index is -0.671. The molecule has 1 amide bonds.